The predicted octanol–water partition coefficient (Wildman–Crippen LogP) is 1.44. The van der Waals surface area contributed by atoms with Crippen molar-refractivity contribution in [1.29, 1.82) is 5.26 Å². The number of nitriles is 1. The Morgan fingerprint density at radius 2 is 1.88 bits per heavy atom. The van der Waals surface area contributed by atoms with Crippen LogP contribution in [0.5, 0.6) is 0 Å². The standard InChI is InChI=1S/C18H18FN5O/c19-15-3-1-14(2-4-15)17(18(21)25)24-9-7-23(8-10-24)16-11-13(12-20)5-6-22-16/h1-6,11,17H,7-10H2,(H2,21,25)/t17-/m1/s1. The number of benzene rings is 1. The van der Waals surface area contributed by atoms with Crippen LogP contribution in [0, 0.1) is 17.1 Å². The van der Waals surface area contributed by atoms with E-state index in [4.69, 9.17) is 11.0 Å². The van der Waals surface area contributed by atoms with Gasteiger partial charge in [0.2, 0.25) is 5.91 Å². The van der Waals surface area contributed by atoms with Gasteiger partial charge in [-0.05, 0) is 29.8 Å². The van der Waals surface area contributed by atoms with Gasteiger partial charge in [-0.2, -0.15) is 5.26 Å². The largest absolute Gasteiger partial charge is 0.368 e. The third-order valence-corrected chi connectivity index (χ3v) is 4.33. The Morgan fingerprint density at radius 1 is 1.20 bits per heavy atom. The minimum absolute atomic E-state index is 0.347. The van der Waals surface area contributed by atoms with E-state index in [1.807, 2.05) is 4.90 Å². The summed E-state index contributed by atoms with van der Waals surface area (Å²) in [4.78, 5) is 20.3. The van der Waals surface area contributed by atoms with E-state index < -0.39 is 11.9 Å². The maximum Gasteiger partial charge on any atom is 0.239 e. The van der Waals surface area contributed by atoms with Crippen molar-refractivity contribution in [3.05, 3.63) is 59.5 Å². The number of pyridine rings is 1. The zero-order valence-electron chi connectivity index (χ0n) is 13.6. The molecular weight excluding hydrogens is 321 g/mol. The molecule has 2 N–H and O–H groups in total. The van der Waals surface area contributed by atoms with Crippen molar-refractivity contribution in [1.82, 2.24) is 9.88 Å². The van der Waals surface area contributed by atoms with Crippen LogP contribution in [-0.2, 0) is 4.79 Å². The van der Waals surface area contributed by atoms with Gasteiger partial charge in [-0.1, -0.05) is 12.1 Å². The Labute approximate surface area is 145 Å². The molecule has 0 radical (unpaired) electrons. The van der Waals surface area contributed by atoms with Crippen LogP contribution in [-0.4, -0.2) is 42.0 Å². The van der Waals surface area contributed by atoms with Crippen molar-refractivity contribution in [2.24, 2.45) is 5.73 Å². The van der Waals surface area contributed by atoms with Gasteiger partial charge in [0.15, 0.2) is 0 Å². The maximum absolute atomic E-state index is 13.1. The van der Waals surface area contributed by atoms with E-state index in [9.17, 15) is 9.18 Å². The number of anilines is 1. The molecule has 1 amide bonds. The van der Waals surface area contributed by atoms with Crippen molar-refractivity contribution in [3.63, 3.8) is 0 Å². The van der Waals surface area contributed by atoms with Gasteiger partial charge in [-0.15, -0.1) is 0 Å². The summed E-state index contributed by atoms with van der Waals surface area (Å²) in [7, 11) is 0. The second-order valence-corrected chi connectivity index (χ2v) is 5.89. The normalized spacial score (nSPS) is 16.2. The average Bonchev–Trinajstić information content (AvgIpc) is 2.64. The summed E-state index contributed by atoms with van der Waals surface area (Å²) < 4.78 is 13.1. The summed E-state index contributed by atoms with van der Waals surface area (Å²) in [6.07, 6.45) is 1.62. The Hall–Kier alpha value is -2.98. The number of nitrogens with two attached hydrogens (primary N) is 1. The highest BCUT2D eigenvalue weighted by molar-refractivity contribution is 5.81. The van der Waals surface area contributed by atoms with Crippen molar-refractivity contribution in [2.75, 3.05) is 31.1 Å². The summed E-state index contributed by atoms with van der Waals surface area (Å²) in [6.45, 7) is 2.55. The topological polar surface area (TPSA) is 86.2 Å². The van der Waals surface area contributed by atoms with Crippen LogP contribution in [0.2, 0.25) is 0 Å². The molecule has 0 saturated carbocycles. The van der Waals surface area contributed by atoms with E-state index in [2.05, 4.69) is 16.0 Å². The van der Waals surface area contributed by atoms with Gasteiger partial charge in [-0.25, -0.2) is 9.37 Å². The molecule has 1 fully saturated rings. The first-order valence-corrected chi connectivity index (χ1v) is 7.98. The molecule has 2 aromatic rings. The lowest BCUT2D eigenvalue weighted by atomic mass is 10.0. The molecule has 2 heterocycles. The molecule has 0 bridgehead atoms. The number of halogens is 1. The molecule has 0 spiro atoms. The molecule has 6 nitrogen and oxygen atoms in total. The van der Waals surface area contributed by atoms with E-state index in [-0.39, 0.29) is 5.82 Å². The number of rotatable bonds is 4. The van der Waals surface area contributed by atoms with Gasteiger partial charge >= 0.3 is 0 Å². The van der Waals surface area contributed by atoms with Crippen molar-refractivity contribution >= 4 is 11.7 Å². The number of aromatic nitrogens is 1. The van der Waals surface area contributed by atoms with E-state index in [1.54, 1.807) is 30.5 Å². The Morgan fingerprint density at radius 3 is 2.48 bits per heavy atom. The molecule has 1 aliphatic heterocycles. The Bertz CT molecular complexity index is 794. The molecule has 1 aromatic heterocycles. The summed E-state index contributed by atoms with van der Waals surface area (Å²) in [5.74, 6) is -0.0546. The van der Waals surface area contributed by atoms with Crippen LogP contribution >= 0.6 is 0 Å². The molecule has 1 aliphatic rings. The minimum Gasteiger partial charge on any atom is -0.368 e. The summed E-state index contributed by atoms with van der Waals surface area (Å²) in [6, 6.07) is 10.8. The van der Waals surface area contributed by atoms with Crippen LogP contribution in [0.3, 0.4) is 0 Å². The molecular formula is C18H18FN5O. The van der Waals surface area contributed by atoms with E-state index in [1.165, 1.54) is 12.1 Å². The van der Waals surface area contributed by atoms with Crippen molar-refractivity contribution in [3.8, 4) is 6.07 Å². The van der Waals surface area contributed by atoms with Gasteiger partial charge in [0.05, 0.1) is 11.6 Å². The number of primary amides is 1. The quantitative estimate of drug-likeness (QED) is 0.911. The first-order chi connectivity index (χ1) is 12.1. The fraction of sp³-hybridized carbons (Fsp3) is 0.278. The number of carbonyl (C=O) groups is 1. The molecule has 3 rings (SSSR count). The Kier molecular flexibility index (Phi) is 4.91. The van der Waals surface area contributed by atoms with Crippen molar-refractivity contribution < 1.29 is 9.18 Å². The zero-order valence-corrected chi connectivity index (χ0v) is 13.6. The van der Waals surface area contributed by atoms with Crippen LogP contribution < -0.4 is 10.6 Å². The first kappa shape index (κ1) is 16.9. The van der Waals surface area contributed by atoms with Gasteiger partial charge in [0, 0.05) is 32.4 Å². The number of hydrogen-bond donors (Lipinski definition) is 1. The number of hydrogen-bond acceptors (Lipinski definition) is 5. The zero-order chi connectivity index (χ0) is 17.8. The molecule has 0 unspecified atom stereocenters. The molecule has 7 heteroatoms. The number of piperazine rings is 1. The monoisotopic (exact) mass is 339 g/mol. The molecule has 25 heavy (non-hydrogen) atoms. The van der Waals surface area contributed by atoms with Crippen molar-refractivity contribution in [2.45, 2.75) is 6.04 Å². The number of carbonyl (C=O) groups excluding carboxylic acids is 1. The molecule has 0 aliphatic carbocycles. The van der Waals surface area contributed by atoms with Crippen LogP contribution in [0.4, 0.5) is 10.2 Å². The summed E-state index contributed by atoms with van der Waals surface area (Å²) >= 11 is 0. The molecule has 1 atom stereocenters. The highest BCUT2D eigenvalue weighted by Crippen LogP contribution is 2.24. The molecule has 1 aromatic carbocycles. The van der Waals surface area contributed by atoms with Gasteiger partial charge in [0.25, 0.3) is 0 Å². The molecule has 1 saturated heterocycles. The van der Waals surface area contributed by atoms with Crippen LogP contribution in [0.25, 0.3) is 0 Å². The second-order valence-electron chi connectivity index (χ2n) is 5.89. The minimum atomic E-state index is -0.582. The lowest BCUT2D eigenvalue weighted by Crippen LogP contribution is -2.50. The van der Waals surface area contributed by atoms with Gasteiger partial charge in [-0.3, -0.25) is 9.69 Å². The summed E-state index contributed by atoms with van der Waals surface area (Å²) in [5.41, 5.74) is 6.84. The lowest BCUT2D eigenvalue weighted by Gasteiger charge is -2.38. The van der Waals surface area contributed by atoms with Gasteiger partial charge in [0.1, 0.15) is 17.7 Å². The highest BCUT2D eigenvalue weighted by atomic mass is 19.1. The lowest BCUT2D eigenvalue weighted by molar-refractivity contribution is -0.123. The predicted molar refractivity (Wildman–Crippen MR) is 91.1 cm³/mol. The van der Waals surface area contributed by atoms with E-state index in [0.717, 1.165) is 5.82 Å². The SMILES string of the molecule is N#Cc1ccnc(N2CCN([C@@H](C(N)=O)c3ccc(F)cc3)CC2)c1. The maximum atomic E-state index is 13.1. The van der Waals surface area contributed by atoms with E-state index in [0.29, 0.717) is 37.3 Å². The second kappa shape index (κ2) is 7.28. The third-order valence-electron chi connectivity index (χ3n) is 4.33. The average molecular weight is 339 g/mol. The fourth-order valence-corrected chi connectivity index (χ4v) is 3.07. The van der Waals surface area contributed by atoms with E-state index >= 15 is 0 Å². The fourth-order valence-electron chi connectivity index (χ4n) is 3.07. The number of amides is 1. The summed E-state index contributed by atoms with van der Waals surface area (Å²) in [5, 5.41) is 9.00. The third kappa shape index (κ3) is 3.75. The van der Waals surface area contributed by atoms with Crippen LogP contribution in [0.1, 0.15) is 17.2 Å². The highest BCUT2D eigenvalue weighted by Gasteiger charge is 2.29. The Balaban J connectivity index is 1.72. The van der Waals surface area contributed by atoms with Gasteiger partial charge < -0.3 is 10.6 Å². The molecule has 128 valence electrons. The number of nitrogens with zero attached hydrogens (tertiary/aromatic N) is 4. The first-order valence-electron chi connectivity index (χ1n) is 7.98. The van der Waals surface area contributed by atoms with Crippen LogP contribution in [0.15, 0.2) is 42.6 Å². The smallest absolute Gasteiger partial charge is 0.239 e.